The number of rotatable bonds is 7. The number of furan rings is 1. The molecule has 7 nitrogen and oxygen atoms in total. The number of hydrogen-bond donors (Lipinski definition) is 2. The normalized spacial score (nSPS) is 10.1. The minimum Gasteiger partial charge on any atom is -0.475 e. The van der Waals surface area contributed by atoms with Crippen LogP contribution < -0.4 is 15.4 Å². The third kappa shape index (κ3) is 5.15. The zero-order valence-corrected chi connectivity index (χ0v) is 11.7. The predicted molar refractivity (Wildman–Crippen MR) is 76.2 cm³/mol. The van der Waals surface area contributed by atoms with Gasteiger partial charge in [-0.25, -0.2) is 9.78 Å². The first kappa shape index (κ1) is 14.9. The Morgan fingerprint density at radius 3 is 2.90 bits per heavy atom. The van der Waals surface area contributed by atoms with Crippen LogP contribution in [0.4, 0.5) is 10.5 Å². The van der Waals surface area contributed by atoms with Gasteiger partial charge < -0.3 is 24.5 Å². The summed E-state index contributed by atoms with van der Waals surface area (Å²) >= 11 is 0. The molecule has 0 radical (unpaired) electrons. The van der Waals surface area contributed by atoms with E-state index in [1.165, 1.54) is 6.20 Å². The number of carbonyl (C=O) groups excluding carboxylic acids is 1. The van der Waals surface area contributed by atoms with Crippen molar-refractivity contribution in [1.82, 2.24) is 10.3 Å². The molecule has 0 saturated heterocycles. The Morgan fingerprint density at radius 2 is 2.24 bits per heavy atom. The lowest BCUT2D eigenvalue weighted by atomic mass is 10.4. The summed E-state index contributed by atoms with van der Waals surface area (Å²) in [5.41, 5.74) is 0.575. The fraction of sp³-hybridized carbons (Fsp3) is 0.286. The molecule has 0 aromatic carbocycles. The quantitative estimate of drug-likeness (QED) is 0.762. The number of hydrogen-bond acceptors (Lipinski definition) is 5. The summed E-state index contributed by atoms with van der Waals surface area (Å²) in [6, 6.07) is 6.61. The monoisotopic (exact) mass is 291 g/mol. The van der Waals surface area contributed by atoms with Gasteiger partial charge in [0.05, 0.1) is 31.3 Å². The van der Waals surface area contributed by atoms with Crippen molar-refractivity contribution >= 4 is 11.7 Å². The molecule has 112 valence electrons. The first-order chi connectivity index (χ1) is 10.3. The number of nitrogens with zero attached hydrogens (tertiary/aromatic N) is 1. The smallest absolute Gasteiger partial charge is 0.319 e. The second-order valence-electron chi connectivity index (χ2n) is 4.11. The Bertz CT molecular complexity index is 540. The summed E-state index contributed by atoms with van der Waals surface area (Å²) in [6.45, 7) is 1.25. The van der Waals surface area contributed by atoms with Gasteiger partial charge in [-0.1, -0.05) is 0 Å². The van der Waals surface area contributed by atoms with Crippen LogP contribution in [0.3, 0.4) is 0 Å². The van der Waals surface area contributed by atoms with Crippen molar-refractivity contribution in [3.63, 3.8) is 0 Å². The molecule has 2 rings (SSSR count). The van der Waals surface area contributed by atoms with Gasteiger partial charge in [-0.05, 0) is 18.2 Å². The molecule has 21 heavy (non-hydrogen) atoms. The average molecular weight is 291 g/mol. The maximum Gasteiger partial charge on any atom is 0.319 e. The van der Waals surface area contributed by atoms with E-state index in [9.17, 15) is 4.79 Å². The molecule has 2 heterocycles. The molecule has 0 aliphatic heterocycles. The van der Waals surface area contributed by atoms with Crippen LogP contribution in [-0.2, 0) is 11.3 Å². The molecule has 2 N–H and O–H groups in total. The number of carbonyl (C=O) groups is 1. The van der Waals surface area contributed by atoms with Gasteiger partial charge in [0.2, 0.25) is 5.88 Å². The van der Waals surface area contributed by atoms with Gasteiger partial charge in [-0.2, -0.15) is 0 Å². The maximum atomic E-state index is 11.7. The fourth-order valence-corrected chi connectivity index (χ4v) is 1.53. The molecule has 0 unspecified atom stereocenters. The molecular formula is C14H17N3O4. The predicted octanol–water partition coefficient (Wildman–Crippen LogP) is 2.02. The van der Waals surface area contributed by atoms with Crippen LogP contribution in [0.5, 0.6) is 5.88 Å². The molecule has 0 saturated carbocycles. The SMILES string of the molecule is COCCOc1ccc(NC(=O)NCc2ccco2)cn1. The third-order valence-electron chi connectivity index (χ3n) is 2.53. The molecule has 7 heteroatoms. The van der Waals surface area contributed by atoms with Crippen LogP contribution in [0.2, 0.25) is 0 Å². The highest BCUT2D eigenvalue weighted by Gasteiger charge is 2.04. The van der Waals surface area contributed by atoms with Gasteiger partial charge in [0.15, 0.2) is 0 Å². The van der Waals surface area contributed by atoms with Crippen molar-refractivity contribution in [3.05, 3.63) is 42.5 Å². The zero-order valence-electron chi connectivity index (χ0n) is 11.7. The number of urea groups is 1. The van der Waals surface area contributed by atoms with E-state index in [1.807, 2.05) is 0 Å². The van der Waals surface area contributed by atoms with E-state index >= 15 is 0 Å². The first-order valence-electron chi connectivity index (χ1n) is 6.43. The van der Waals surface area contributed by atoms with Crippen molar-refractivity contribution in [2.75, 3.05) is 25.6 Å². The van der Waals surface area contributed by atoms with Gasteiger partial charge in [-0.15, -0.1) is 0 Å². The number of nitrogens with one attached hydrogen (secondary N) is 2. The van der Waals surface area contributed by atoms with Crippen LogP contribution in [0.1, 0.15) is 5.76 Å². The number of methoxy groups -OCH3 is 1. The van der Waals surface area contributed by atoms with E-state index in [4.69, 9.17) is 13.9 Å². The Hall–Kier alpha value is -2.54. The van der Waals surface area contributed by atoms with E-state index in [1.54, 1.807) is 37.6 Å². The van der Waals surface area contributed by atoms with Crippen LogP contribution in [0.25, 0.3) is 0 Å². The number of ether oxygens (including phenoxy) is 2. The molecule has 0 bridgehead atoms. The first-order valence-corrected chi connectivity index (χ1v) is 6.43. The van der Waals surface area contributed by atoms with Gasteiger partial charge in [-0.3, -0.25) is 0 Å². The van der Waals surface area contributed by atoms with E-state index < -0.39 is 0 Å². The van der Waals surface area contributed by atoms with Crippen molar-refractivity contribution in [3.8, 4) is 5.88 Å². The van der Waals surface area contributed by atoms with Crippen molar-refractivity contribution in [1.29, 1.82) is 0 Å². The molecule has 2 amide bonds. The summed E-state index contributed by atoms with van der Waals surface area (Å²) in [4.78, 5) is 15.7. The van der Waals surface area contributed by atoms with Crippen LogP contribution >= 0.6 is 0 Å². The molecule has 0 spiro atoms. The van der Waals surface area contributed by atoms with Gasteiger partial charge in [0.1, 0.15) is 12.4 Å². The van der Waals surface area contributed by atoms with E-state index in [0.29, 0.717) is 37.1 Å². The highest BCUT2D eigenvalue weighted by molar-refractivity contribution is 5.88. The molecule has 0 aliphatic carbocycles. The van der Waals surface area contributed by atoms with E-state index in [0.717, 1.165) is 0 Å². The highest BCUT2D eigenvalue weighted by atomic mass is 16.5. The Balaban J connectivity index is 1.75. The molecule has 2 aromatic rings. The lowest BCUT2D eigenvalue weighted by Gasteiger charge is -2.07. The number of anilines is 1. The zero-order chi connectivity index (χ0) is 14.9. The summed E-state index contributed by atoms with van der Waals surface area (Å²) in [5, 5.41) is 5.34. The Morgan fingerprint density at radius 1 is 1.33 bits per heavy atom. The molecule has 0 atom stereocenters. The number of aromatic nitrogens is 1. The standard InChI is InChI=1S/C14H17N3O4/c1-19-7-8-21-13-5-4-11(9-15-13)17-14(18)16-10-12-3-2-6-20-12/h2-6,9H,7-8,10H2,1H3,(H2,16,17,18). The lowest BCUT2D eigenvalue weighted by Crippen LogP contribution is -2.28. The second-order valence-corrected chi connectivity index (χ2v) is 4.11. The van der Waals surface area contributed by atoms with E-state index in [-0.39, 0.29) is 6.03 Å². The number of amides is 2. The van der Waals surface area contributed by atoms with Crippen LogP contribution in [-0.4, -0.2) is 31.3 Å². The van der Waals surface area contributed by atoms with Crippen molar-refractivity contribution < 1.29 is 18.7 Å². The third-order valence-corrected chi connectivity index (χ3v) is 2.53. The molecule has 0 aliphatic rings. The van der Waals surface area contributed by atoms with Gasteiger partial charge in [0, 0.05) is 13.2 Å². The Kier molecular flexibility index (Phi) is 5.60. The van der Waals surface area contributed by atoms with E-state index in [2.05, 4.69) is 15.6 Å². The minimum atomic E-state index is -0.332. The summed E-state index contributed by atoms with van der Waals surface area (Å²) in [5.74, 6) is 1.17. The average Bonchev–Trinajstić information content (AvgIpc) is 3.01. The van der Waals surface area contributed by atoms with Crippen molar-refractivity contribution in [2.24, 2.45) is 0 Å². The second kappa shape index (κ2) is 7.91. The molecule has 2 aromatic heterocycles. The topological polar surface area (TPSA) is 85.6 Å². The molecule has 0 fully saturated rings. The summed E-state index contributed by atoms with van der Waals surface area (Å²) in [7, 11) is 1.60. The van der Waals surface area contributed by atoms with Gasteiger partial charge >= 0.3 is 6.03 Å². The fourth-order valence-electron chi connectivity index (χ4n) is 1.53. The summed E-state index contributed by atoms with van der Waals surface area (Å²) < 4.78 is 15.3. The molecular weight excluding hydrogens is 274 g/mol. The lowest BCUT2D eigenvalue weighted by molar-refractivity contribution is 0.144. The van der Waals surface area contributed by atoms with Crippen molar-refractivity contribution in [2.45, 2.75) is 6.54 Å². The maximum absolute atomic E-state index is 11.7. The van der Waals surface area contributed by atoms with Crippen LogP contribution in [0, 0.1) is 0 Å². The Labute approximate surface area is 122 Å². The minimum absolute atomic E-state index is 0.324. The number of pyridine rings is 1. The largest absolute Gasteiger partial charge is 0.475 e. The highest BCUT2D eigenvalue weighted by Crippen LogP contribution is 2.11. The van der Waals surface area contributed by atoms with Crippen LogP contribution in [0.15, 0.2) is 41.1 Å². The van der Waals surface area contributed by atoms with Gasteiger partial charge in [0.25, 0.3) is 0 Å². The summed E-state index contributed by atoms with van der Waals surface area (Å²) in [6.07, 6.45) is 3.08.